The predicted octanol–water partition coefficient (Wildman–Crippen LogP) is 5.51. The molecule has 0 spiro atoms. The highest BCUT2D eigenvalue weighted by molar-refractivity contribution is 7.95. The van der Waals surface area contributed by atoms with Crippen molar-refractivity contribution < 1.29 is 13.2 Å². The number of aromatic nitrogens is 2. The third-order valence-corrected chi connectivity index (χ3v) is 7.63. The van der Waals surface area contributed by atoms with Crippen molar-refractivity contribution in [2.45, 2.75) is 31.3 Å². The summed E-state index contributed by atoms with van der Waals surface area (Å²) in [5.41, 5.74) is 4.79. The van der Waals surface area contributed by atoms with E-state index in [0.717, 1.165) is 34.5 Å². The lowest BCUT2D eigenvalue weighted by Gasteiger charge is -2.05. The van der Waals surface area contributed by atoms with E-state index in [1.165, 1.54) is 18.2 Å². The van der Waals surface area contributed by atoms with Gasteiger partial charge in [-0.15, -0.1) is 0 Å². The summed E-state index contributed by atoms with van der Waals surface area (Å²) >= 11 is 0. The van der Waals surface area contributed by atoms with Crippen LogP contribution in [-0.2, 0) is 16.3 Å². The number of hydrogen-bond acceptors (Lipinski definition) is 5. The van der Waals surface area contributed by atoms with Crippen molar-refractivity contribution in [1.82, 2.24) is 9.78 Å². The minimum absolute atomic E-state index is 0.0802. The topological polar surface area (TPSA) is 85.0 Å². The highest BCUT2D eigenvalue weighted by Gasteiger charge is 2.24. The minimum Gasteiger partial charge on any atom is -0.490 e. The van der Waals surface area contributed by atoms with Crippen LogP contribution in [0.5, 0.6) is 5.75 Å². The molecular weight excluding hydrogens is 458 g/mol. The number of fused-ring (bicyclic) bond motifs is 1. The van der Waals surface area contributed by atoms with Gasteiger partial charge >= 0.3 is 0 Å². The Morgan fingerprint density at radius 1 is 1.11 bits per heavy atom. The summed E-state index contributed by atoms with van der Waals surface area (Å²) in [7, 11) is -3.99. The predicted molar refractivity (Wildman–Crippen MR) is 135 cm³/mol. The Balaban J connectivity index is 1.66. The van der Waals surface area contributed by atoms with Crippen molar-refractivity contribution in [2.24, 2.45) is 0 Å². The normalized spacial score (nSPS) is 15.3. The average Bonchev–Trinajstić information content (AvgIpc) is 3.45. The molecule has 4 aromatic rings. The second-order valence-electron chi connectivity index (χ2n) is 8.61. The van der Waals surface area contributed by atoms with E-state index < -0.39 is 9.84 Å². The average molecular weight is 482 g/mol. The molecule has 0 N–H and O–H groups in total. The number of hydrogen-bond donors (Lipinski definition) is 0. The van der Waals surface area contributed by atoms with Gasteiger partial charge in [-0.2, -0.15) is 10.4 Å². The minimum atomic E-state index is -3.99. The van der Waals surface area contributed by atoms with Gasteiger partial charge in [0.25, 0.3) is 0 Å². The maximum atomic E-state index is 13.3. The number of rotatable bonds is 5. The fraction of sp³-hybridized carbons (Fsp3) is 0.143. The first kappa shape index (κ1) is 22.6. The van der Waals surface area contributed by atoms with E-state index in [9.17, 15) is 13.7 Å². The molecule has 3 aromatic carbocycles. The van der Waals surface area contributed by atoms with E-state index in [1.54, 1.807) is 23.0 Å². The maximum Gasteiger partial charge on any atom is 0.216 e. The van der Waals surface area contributed by atoms with Crippen LogP contribution in [0.4, 0.5) is 0 Å². The van der Waals surface area contributed by atoms with Gasteiger partial charge in [0, 0.05) is 23.7 Å². The summed E-state index contributed by atoms with van der Waals surface area (Å²) in [5, 5.41) is 14.6. The Morgan fingerprint density at radius 3 is 2.57 bits per heavy atom. The number of nitrogens with zero attached hydrogens (tertiary/aromatic N) is 3. The first-order chi connectivity index (χ1) is 16.8. The van der Waals surface area contributed by atoms with Crippen LogP contribution in [0, 0.1) is 18.3 Å². The van der Waals surface area contributed by atoms with E-state index in [0.29, 0.717) is 11.3 Å². The van der Waals surface area contributed by atoms with Crippen LogP contribution in [0.3, 0.4) is 0 Å². The molecule has 0 radical (unpaired) electrons. The number of nitriles is 1. The summed E-state index contributed by atoms with van der Waals surface area (Å²) < 4.78 is 34.0. The van der Waals surface area contributed by atoms with Gasteiger partial charge in [-0.25, -0.2) is 13.1 Å². The molecular formula is C28H23N3O3S. The van der Waals surface area contributed by atoms with Crippen molar-refractivity contribution in [2.75, 3.05) is 0 Å². The lowest BCUT2D eigenvalue weighted by molar-refractivity contribution is 0.254. The van der Waals surface area contributed by atoms with E-state index in [4.69, 9.17) is 9.84 Å². The molecule has 2 heterocycles. The zero-order chi connectivity index (χ0) is 24.6. The number of sulfone groups is 1. The van der Waals surface area contributed by atoms with Gasteiger partial charge in [0.15, 0.2) is 0 Å². The first-order valence-electron chi connectivity index (χ1n) is 11.2. The fourth-order valence-electron chi connectivity index (χ4n) is 4.16. The van der Waals surface area contributed by atoms with Gasteiger partial charge in [-0.3, -0.25) is 0 Å². The Labute approximate surface area is 204 Å². The van der Waals surface area contributed by atoms with E-state index in [2.05, 4.69) is 0 Å². The van der Waals surface area contributed by atoms with Crippen molar-refractivity contribution in [3.05, 3.63) is 101 Å². The Morgan fingerprint density at radius 2 is 1.86 bits per heavy atom. The Bertz CT molecular complexity index is 1580. The Kier molecular flexibility index (Phi) is 5.75. The molecule has 174 valence electrons. The monoisotopic (exact) mass is 481 g/mol. The SMILES string of the molecule is Cc1ccc(S(=O)(=O)/C(C#N)=C/c2cn(-c3ccccc3)nc2-c2ccc3c(c2)C[C@@H](C)O3)cc1. The van der Waals surface area contributed by atoms with Crippen molar-refractivity contribution in [3.63, 3.8) is 0 Å². The van der Waals surface area contributed by atoms with Gasteiger partial charge < -0.3 is 4.74 Å². The van der Waals surface area contributed by atoms with Crippen LogP contribution in [-0.4, -0.2) is 24.3 Å². The number of ether oxygens (including phenoxy) is 1. The molecule has 1 aliphatic rings. The van der Waals surface area contributed by atoms with Crippen molar-refractivity contribution in [3.8, 4) is 28.8 Å². The molecule has 35 heavy (non-hydrogen) atoms. The van der Waals surface area contributed by atoms with Gasteiger partial charge in [0.2, 0.25) is 9.84 Å². The number of aryl methyl sites for hydroxylation is 1. The maximum absolute atomic E-state index is 13.3. The van der Waals surface area contributed by atoms with E-state index in [1.807, 2.05) is 68.4 Å². The molecule has 0 fully saturated rings. The number of benzene rings is 3. The summed E-state index contributed by atoms with van der Waals surface area (Å²) in [5.74, 6) is 0.848. The summed E-state index contributed by atoms with van der Waals surface area (Å²) in [6.07, 6.45) is 4.05. The second kappa shape index (κ2) is 8.90. The zero-order valence-corrected chi connectivity index (χ0v) is 20.2. The summed E-state index contributed by atoms with van der Waals surface area (Å²) in [4.78, 5) is -0.259. The fourth-order valence-corrected chi connectivity index (χ4v) is 5.31. The summed E-state index contributed by atoms with van der Waals surface area (Å²) in [6.45, 7) is 3.90. The van der Waals surface area contributed by atoms with Crippen LogP contribution in [0.15, 0.2) is 88.8 Å². The van der Waals surface area contributed by atoms with Crippen LogP contribution >= 0.6 is 0 Å². The van der Waals surface area contributed by atoms with Crippen molar-refractivity contribution in [1.29, 1.82) is 5.26 Å². The molecule has 1 aromatic heterocycles. The molecule has 0 saturated carbocycles. The standard InChI is InChI=1S/C28H23N3O3S/c1-19-8-11-25(12-9-19)35(32,33)26(17-29)16-23-18-31(24-6-4-3-5-7-24)30-28(23)21-10-13-27-22(15-21)14-20(2)34-27/h3-13,15-16,18,20H,14H2,1-2H3/b26-16+/t20-/m1/s1. The largest absolute Gasteiger partial charge is 0.490 e. The third kappa shape index (κ3) is 4.36. The molecule has 0 saturated heterocycles. The van der Waals surface area contributed by atoms with Gasteiger partial charge in [0.1, 0.15) is 28.5 Å². The Hall–Kier alpha value is -4.15. The molecule has 5 rings (SSSR count). The zero-order valence-electron chi connectivity index (χ0n) is 19.3. The molecule has 6 nitrogen and oxygen atoms in total. The van der Waals surface area contributed by atoms with E-state index >= 15 is 0 Å². The second-order valence-corrected chi connectivity index (χ2v) is 10.5. The van der Waals surface area contributed by atoms with Crippen LogP contribution in [0.25, 0.3) is 23.0 Å². The van der Waals surface area contributed by atoms with Crippen LogP contribution < -0.4 is 4.74 Å². The molecule has 0 bridgehead atoms. The van der Waals surface area contributed by atoms with Crippen molar-refractivity contribution >= 4 is 15.9 Å². The number of allylic oxidation sites excluding steroid dienone is 1. The highest BCUT2D eigenvalue weighted by Crippen LogP contribution is 2.35. The van der Waals surface area contributed by atoms with E-state index in [-0.39, 0.29) is 15.9 Å². The van der Waals surface area contributed by atoms with Gasteiger partial charge in [0.05, 0.1) is 10.6 Å². The van der Waals surface area contributed by atoms with Crippen LogP contribution in [0.2, 0.25) is 0 Å². The molecule has 0 amide bonds. The van der Waals surface area contributed by atoms with Crippen LogP contribution in [0.1, 0.15) is 23.6 Å². The first-order valence-corrected chi connectivity index (χ1v) is 12.7. The smallest absolute Gasteiger partial charge is 0.216 e. The third-order valence-electron chi connectivity index (χ3n) is 5.95. The lowest BCUT2D eigenvalue weighted by atomic mass is 10.0. The van der Waals surface area contributed by atoms with Gasteiger partial charge in [-0.05, 0) is 68.0 Å². The molecule has 1 atom stereocenters. The number of para-hydroxylation sites is 1. The lowest BCUT2D eigenvalue weighted by Crippen LogP contribution is -2.05. The summed E-state index contributed by atoms with van der Waals surface area (Å²) in [6, 6.07) is 23.8. The van der Waals surface area contributed by atoms with Gasteiger partial charge in [-0.1, -0.05) is 35.9 Å². The quantitative estimate of drug-likeness (QED) is 0.351. The molecule has 0 unspecified atom stereocenters. The molecule has 1 aliphatic heterocycles. The molecule has 7 heteroatoms. The molecule has 0 aliphatic carbocycles. The highest BCUT2D eigenvalue weighted by atomic mass is 32.2.